The normalized spacial score (nSPS) is 19.4. The number of halogens is 1. The Balaban J connectivity index is 0.854. The zero-order valence-corrected chi connectivity index (χ0v) is 34.4. The molecule has 4 aliphatic heterocycles. The van der Waals surface area contributed by atoms with Crippen LogP contribution in [0.5, 0.6) is 5.75 Å². The van der Waals surface area contributed by atoms with Gasteiger partial charge in [-0.2, -0.15) is 9.29 Å². The number of nitrogens with one attached hydrogen (secondary N) is 3. The number of hydrogen-bond donors (Lipinski definition) is 3. The monoisotopic (exact) mass is 839 g/mol. The maximum absolute atomic E-state index is 13.3. The molecule has 5 heterocycles. The lowest BCUT2D eigenvalue weighted by molar-refractivity contribution is -0.136. The number of amides is 4. The van der Waals surface area contributed by atoms with Crippen molar-refractivity contribution < 1.29 is 28.5 Å². The predicted octanol–water partition coefficient (Wildman–Crippen LogP) is 4.35. The number of aromatic nitrogens is 2. The standard InChI is InChI=1S/C41H44ClN10O6S/c1-48(59(3)57)33-7-5-4-6-31(33)44-37-30(42)24-43-41(47-37)45-32-11-9-27(23-35(32)58-2)49-16-14-25(15-17-49)50-18-20-51(21-19-50)26-8-10-28-29(22-26)40(56)52(39(28)55)34-12-13-36(53)46-38(34)54/h4-11,23-25,34H,12-21H2,1-3H3,(H,46,53,54)(H2,43,44,45,47). The van der Waals surface area contributed by atoms with E-state index >= 15 is 0 Å². The van der Waals surface area contributed by atoms with Gasteiger partial charge in [-0.25, -0.2) is 4.98 Å². The first-order chi connectivity index (χ1) is 28.5. The van der Waals surface area contributed by atoms with Crippen LogP contribution in [0.25, 0.3) is 0 Å². The van der Waals surface area contributed by atoms with E-state index in [9.17, 15) is 23.7 Å². The summed E-state index contributed by atoms with van der Waals surface area (Å²) >= 11 is 5.27. The van der Waals surface area contributed by atoms with Crippen LogP contribution in [0.15, 0.2) is 60.8 Å². The van der Waals surface area contributed by atoms with Crippen LogP contribution >= 0.6 is 11.6 Å². The fourth-order valence-corrected chi connectivity index (χ4v) is 8.70. The maximum atomic E-state index is 13.3. The van der Waals surface area contributed by atoms with Gasteiger partial charge in [-0.05, 0) is 55.7 Å². The van der Waals surface area contributed by atoms with Crippen LogP contribution in [0, 0.1) is 6.07 Å². The molecule has 4 amide bonds. The van der Waals surface area contributed by atoms with Crippen LogP contribution in [0.2, 0.25) is 5.02 Å². The third-order valence-electron chi connectivity index (χ3n) is 11.4. The second-order valence-electron chi connectivity index (χ2n) is 14.8. The number of rotatable bonds is 11. The molecule has 3 aromatic carbocycles. The molecule has 3 N–H and O–H groups in total. The Morgan fingerprint density at radius 1 is 0.932 bits per heavy atom. The third kappa shape index (κ3) is 8.19. The van der Waals surface area contributed by atoms with Crippen LogP contribution in [-0.2, 0) is 21.0 Å². The van der Waals surface area contributed by atoms with E-state index in [1.54, 1.807) is 30.8 Å². The summed E-state index contributed by atoms with van der Waals surface area (Å²) in [7, 11) is 3.38. The van der Waals surface area contributed by atoms with Crippen molar-refractivity contribution in [1.29, 1.82) is 0 Å². The van der Waals surface area contributed by atoms with E-state index in [-0.39, 0.29) is 24.0 Å². The Kier molecular flexibility index (Phi) is 11.5. The zero-order chi connectivity index (χ0) is 41.4. The second kappa shape index (κ2) is 16.9. The van der Waals surface area contributed by atoms with Crippen molar-refractivity contribution >= 4 is 86.8 Å². The highest BCUT2D eigenvalue weighted by atomic mass is 35.5. The van der Waals surface area contributed by atoms with Gasteiger partial charge in [-0.3, -0.25) is 34.3 Å². The highest BCUT2D eigenvalue weighted by molar-refractivity contribution is 7.92. The van der Waals surface area contributed by atoms with Gasteiger partial charge in [0.2, 0.25) is 17.8 Å². The maximum Gasteiger partial charge on any atom is 0.263 e. The number of methoxy groups -OCH3 is 1. The Labute approximate surface area is 350 Å². The van der Waals surface area contributed by atoms with Crippen molar-refractivity contribution in [2.75, 3.05) is 84.4 Å². The van der Waals surface area contributed by atoms with Gasteiger partial charge in [0.1, 0.15) is 28.8 Å². The van der Waals surface area contributed by atoms with E-state index < -0.39 is 41.0 Å². The number of nitrogens with zero attached hydrogens (tertiary/aromatic N) is 7. The topological polar surface area (TPSA) is 179 Å². The van der Waals surface area contributed by atoms with Crippen LogP contribution in [0.3, 0.4) is 0 Å². The van der Waals surface area contributed by atoms with Crippen LogP contribution < -0.4 is 34.8 Å². The van der Waals surface area contributed by atoms with Crippen molar-refractivity contribution in [1.82, 2.24) is 25.1 Å². The van der Waals surface area contributed by atoms with Crippen LogP contribution in [0.1, 0.15) is 46.4 Å². The second-order valence-corrected chi connectivity index (χ2v) is 16.6. The summed E-state index contributed by atoms with van der Waals surface area (Å²) in [5.74, 6) is -0.751. The van der Waals surface area contributed by atoms with Crippen molar-refractivity contribution in [2.24, 2.45) is 0 Å². The first-order valence-electron chi connectivity index (χ1n) is 19.4. The molecule has 0 saturated carbocycles. The quantitative estimate of drug-likeness (QED) is 0.143. The average molecular weight is 840 g/mol. The molecule has 0 spiro atoms. The van der Waals surface area contributed by atoms with Gasteiger partial charge in [0.15, 0.2) is 5.82 Å². The largest absolute Gasteiger partial charge is 0.593 e. The zero-order valence-electron chi connectivity index (χ0n) is 32.9. The lowest BCUT2D eigenvalue weighted by atomic mass is 10.0. The number of anilines is 7. The summed E-state index contributed by atoms with van der Waals surface area (Å²) in [6.45, 7) is 4.98. The summed E-state index contributed by atoms with van der Waals surface area (Å²) in [5.41, 5.74) is 4.33. The highest BCUT2D eigenvalue weighted by Gasteiger charge is 2.45. The Hall–Kier alpha value is -5.62. The SMILES string of the molecule is COc1cc(N2CCC(N3CCN(c4[c]c5c(cc4)C(=O)N(C4CCC(=O)NC4=O)C5=O)CC3)CC2)ccc1Nc1ncc(Cl)c(Nc2ccccc2N(C)[S+](C)[O-])n1. The fraction of sp³-hybridized carbons (Fsp3) is 0.366. The van der Waals surface area contributed by atoms with E-state index in [2.05, 4.69) is 52.8 Å². The molecular formula is C41H44ClN10O6S. The highest BCUT2D eigenvalue weighted by Crippen LogP contribution is 2.36. The van der Waals surface area contributed by atoms with Gasteiger partial charge in [0.25, 0.3) is 11.8 Å². The predicted molar refractivity (Wildman–Crippen MR) is 226 cm³/mol. The van der Waals surface area contributed by atoms with Gasteiger partial charge < -0.3 is 29.7 Å². The number of para-hydroxylation sites is 2. The van der Waals surface area contributed by atoms with E-state index in [1.807, 2.05) is 42.5 Å². The summed E-state index contributed by atoms with van der Waals surface area (Å²) in [6.07, 6.45) is 5.32. The summed E-state index contributed by atoms with van der Waals surface area (Å²) in [6, 6.07) is 19.6. The molecule has 3 fully saturated rings. The molecule has 1 radical (unpaired) electrons. The third-order valence-corrected chi connectivity index (χ3v) is 12.6. The lowest BCUT2D eigenvalue weighted by Crippen LogP contribution is -2.54. The molecule has 1 aromatic heterocycles. The van der Waals surface area contributed by atoms with Crippen molar-refractivity contribution in [3.05, 3.63) is 83.0 Å². The Bertz CT molecular complexity index is 2280. The van der Waals surface area contributed by atoms with Crippen molar-refractivity contribution in [3.8, 4) is 5.75 Å². The molecule has 16 nitrogen and oxygen atoms in total. The van der Waals surface area contributed by atoms with E-state index in [1.165, 1.54) is 6.20 Å². The summed E-state index contributed by atoms with van der Waals surface area (Å²) < 4.78 is 19.6. The number of hydrogen-bond acceptors (Lipinski definition) is 14. The molecule has 3 saturated heterocycles. The molecule has 18 heteroatoms. The van der Waals surface area contributed by atoms with Crippen molar-refractivity contribution in [2.45, 2.75) is 37.8 Å². The van der Waals surface area contributed by atoms with Crippen LogP contribution in [-0.4, -0.2) is 120 Å². The molecule has 307 valence electrons. The van der Waals surface area contributed by atoms with E-state index in [0.29, 0.717) is 40.0 Å². The molecule has 4 aromatic rings. The number of carbonyl (C=O) groups excluding carboxylic acids is 4. The number of piperidine rings is 2. The minimum absolute atomic E-state index is 0.0753. The van der Waals surface area contributed by atoms with Crippen LogP contribution in [0.4, 0.5) is 40.2 Å². The van der Waals surface area contributed by atoms with Gasteiger partial charge >= 0.3 is 0 Å². The minimum Gasteiger partial charge on any atom is -0.593 e. The average Bonchev–Trinajstić information content (AvgIpc) is 3.49. The smallest absolute Gasteiger partial charge is 0.263 e. The van der Waals surface area contributed by atoms with Gasteiger partial charge in [0, 0.05) is 75.2 Å². The molecule has 2 atom stereocenters. The van der Waals surface area contributed by atoms with Gasteiger partial charge in [0.05, 0.1) is 54.2 Å². The minimum atomic E-state index is -1.23. The van der Waals surface area contributed by atoms with Crippen molar-refractivity contribution in [3.63, 3.8) is 0 Å². The number of piperazine rings is 1. The van der Waals surface area contributed by atoms with E-state index in [4.69, 9.17) is 16.3 Å². The Morgan fingerprint density at radius 2 is 1.69 bits per heavy atom. The molecule has 0 aliphatic carbocycles. The molecule has 0 bridgehead atoms. The van der Waals surface area contributed by atoms with E-state index in [0.717, 1.165) is 74.1 Å². The Morgan fingerprint density at radius 3 is 2.42 bits per heavy atom. The molecule has 8 rings (SSSR count). The van der Waals surface area contributed by atoms with Gasteiger partial charge in [-0.15, -0.1) is 0 Å². The molecular weight excluding hydrogens is 796 g/mol. The number of fused-ring (bicyclic) bond motifs is 1. The van der Waals surface area contributed by atoms with Gasteiger partial charge in [-0.1, -0.05) is 23.7 Å². The number of benzene rings is 3. The number of ether oxygens (including phenoxy) is 1. The molecule has 59 heavy (non-hydrogen) atoms. The fourth-order valence-electron chi connectivity index (χ4n) is 8.12. The lowest BCUT2D eigenvalue weighted by Gasteiger charge is -2.43. The first kappa shape index (κ1) is 40.2. The summed E-state index contributed by atoms with van der Waals surface area (Å²) in [5, 5.41) is 9.09. The number of carbonyl (C=O) groups is 4. The molecule has 2 unspecified atom stereocenters. The molecule has 4 aliphatic rings. The summed E-state index contributed by atoms with van der Waals surface area (Å²) in [4.78, 5) is 67.7. The first-order valence-corrected chi connectivity index (χ1v) is 21.3. The number of imide groups is 2.